The minimum Gasteiger partial charge on any atom is -0.368 e. The van der Waals surface area contributed by atoms with Crippen molar-refractivity contribution in [2.75, 3.05) is 31.1 Å². The highest BCUT2D eigenvalue weighted by Gasteiger charge is 2.30. The van der Waals surface area contributed by atoms with E-state index in [1.54, 1.807) is 4.68 Å². The summed E-state index contributed by atoms with van der Waals surface area (Å²) in [6.45, 7) is 11.3. The fourth-order valence-electron chi connectivity index (χ4n) is 5.04. The second-order valence-electron chi connectivity index (χ2n) is 10.3. The van der Waals surface area contributed by atoms with Crippen LogP contribution in [0.5, 0.6) is 0 Å². The number of anilines is 1. The smallest absolute Gasteiger partial charge is 0.257 e. The van der Waals surface area contributed by atoms with Crippen molar-refractivity contribution in [2.45, 2.75) is 46.5 Å². The molecular weight excluding hydrogens is 464 g/mol. The number of carbonyl (C=O) groups is 1. The van der Waals surface area contributed by atoms with Crippen LogP contribution in [0.4, 0.5) is 5.69 Å². The van der Waals surface area contributed by atoms with Crippen LogP contribution >= 0.6 is 0 Å². The number of carbonyl (C=O) groups excluding carboxylic acids is 1. The van der Waals surface area contributed by atoms with Crippen LogP contribution in [0.15, 0.2) is 47.1 Å². The van der Waals surface area contributed by atoms with Crippen LogP contribution in [-0.2, 0) is 0 Å². The van der Waals surface area contributed by atoms with Gasteiger partial charge < -0.3 is 14.3 Å². The highest BCUT2D eigenvalue weighted by Crippen LogP contribution is 2.39. The maximum Gasteiger partial charge on any atom is 0.257 e. The molecule has 3 heterocycles. The molecule has 2 aromatic heterocycles. The fraction of sp³-hybridized carbons (Fsp3) is 0.379. The Bertz CT molecular complexity index is 1470. The molecule has 1 aliphatic carbocycles. The Morgan fingerprint density at radius 2 is 1.73 bits per heavy atom. The molecule has 190 valence electrons. The molecule has 0 spiro atoms. The Morgan fingerprint density at radius 1 is 0.946 bits per heavy atom. The van der Waals surface area contributed by atoms with Gasteiger partial charge in [0.1, 0.15) is 0 Å². The average molecular weight is 497 g/mol. The molecule has 0 N–H and O–H groups in total. The van der Waals surface area contributed by atoms with Crippen molar-refractivity contribution in [1.29, 1.82) is 0 Å². The lowest BCUT2D eigenvalue weighted by Gasteiger charge is -2.37. The first-order valence-electron chi connectivity index (χ1n) is 13.0. The molecule has 0 atom stereocenters. The Hall–Kier alpha value is -3.94. The van der Waals surface area contributed by atoms with Gasteiger partial charge in [-0.05, 0) is 69.4 Å². The molecule has 6 rings (SSSR count). The number of aromatic nitrogens is 4. The SMILES string of the molecule is Cc1ccc(-c2noc(C3CC3)n2)cc1-n1cc(C(=O)N2CCN(c3cccc(C)c3C)CC2)c(C)n1. The maximum atomic E-state index is 13.5. The minimum atomic E-state index is 0.0328. The van der Waals surface area contributed by atoms with E-state index >= 15 is 0 Å². The summed E-state index contributed by atoms with van der Waals surface area (Å²) in [7, 11) is 0. The number of nitrogens with zero attached hydrogens (tertiary/aromatic N) is 6. The monoisotopic (exact) mass is 496 g/mol. The molecule has 0 unspecified atom stereocenters. The molecule has 0 radical (unpaired) electrons. The van der Waals surface area contributed by atoms with Crippen LogP contribution in [0, 0.1) is 27.7 Å². The van der Waals surface area contributed by atoms with Crippen molar-refractivity contribution in [3.8, 4) is 17.1 Å². The van der Waals surface area contributed by atoms with E-state index in [4.69, 9.17) is 9.62 Å². The molecular formula is C29H32N6O2. The van der Waals surface area contributed by atoms with Gasteiger partial charge in [-0.3, -0.25) is 4.79 Å². The second-order valence-corrected chi connectivity index (χ2v) is 10.3. The summed E-state index contributed by atoms with van der Waals surface area (Å²) in [5.74, 6) is 1.75. The van der Waals surface area contributed by atoms with Crippen LogP contribution < -0.4 is 4.90 Å². The van der Waals surface area contributed by atoms with E-state index in [0.29, 0.717) is 30.4 Å². The number of amides is 1. The third-order valence-electron chi connectivity index (χ3n) is 7.70. The number of benzene rings is 2. The average Bonchev–Trinajstić information content (AvgIpc) is 3.51. The Balaban J connectivity index is 1.20. The van der Waals surface area contributed by atoms with Gasteiger partial charge in [0.25, 0.3) is 5.91 Å². The zero-order valence-electron chi connectivity index (χ0n) is 21.9. The molecule has 1 saturated carbocycles. The van der Waals surface area contributed by atoms with Crippen LogP contribution in [-0.4, -0.2) is 56.9 Å². The van der Waals surface area contributed by atoms with Gasteiger partial charge in [0.15, 0.2) is 0 Å². The molecule has 8 heteroatoms. The van der Waals surface area contributed by atoms with Gasteiger partial charge in [0, 0.05) is 49.5 Å². The zero-order chi connectivity index (χ0) is 25.7. The van der Waals surface area contributed by atoms with Crippen LogP contribution in [0.3, 0.4) is 0 Å². The van der Waals surface area contributed by atoms with E-state index in [1.807, 2.05) is 43.1 Å². The first-order valence-corrected chi connectivity index (χ1v) is 13.0. The van der Waals surface area contributed by atoms with Gasteiger partial charge in [-0.1, -0.05) is 29.4 Å². The molecule has 8 nitrogen and oxygen atoms in total. The number of hydrogen-bond acceptors (Lipinski definition) is 6. The third-order valence-corrected chi connectivity index (χ3v) is 7.70. The summed E-state index contributed by atoms with van der Waals surface area (Å²) in [6, 6.07) is 12.5. The molecule has 2 fully saturated rings. The molecule has 4 aromatic rings. The highest BCUT2D eigenvalue weighted by molar-refractivity contribution is 5.95. The van der Waals surface area contributed by atoms with Crippen molar-refractivity contribution in [1.82, 2.24) is 24.8 Å². The van der Waals surface area contributed by atoms with Gasteiger partial charge in [-0.15, -0.1) is 0 Å². The highest BCUT2D eigenvalue weighted by atomic mass is 16.5. The van der Waals surface area contributed by atoms with Gasteiger partial charge in [0.2, 0.25) is 11.7 Å². The molecule has 1 aliphatic heterocycles. The molecule has 0 bridgehead atoms. The Kier molecular flexibility index (Phi) is 5.82. The van der Waals surface area contributed by atoms with E-state index in [1.165, 1.54) is 16.8 Å². The lowest BCUT2D eigenvalue weighted by atomic mass is 10.1. The second kappa shape index (κ2) is 9.18. The first-order chi connectivity index (χ1) is 17.9. The summed E-state index contributed by atoms with van der Waals surface area (Å²) >= 11 is 0. The summed E-state index contributed by atoms with van der Waals surface area (Å²) in [6.07, 6.45) is 4.09. The predicted octanol–water partition coefficient (Wildman–Crippen LogP) is 5.00. The number of rotatable bonds is 5. The normalized spacial score (nSPS) is 15.9. The fourth-order valence-corrected chi connectivity index (χ4v) is 5.04. The maximum absolute atomic E-state index is 13.5. The van der Waals surface area contributed by atoms with E-state index in [2.05, 4.69) is 47.1 Å². The number of hydrogen-bond donors (Lipinski definition) is 0. The molecule has 2 aromatic carbocycles. The van der Waals surface area contributed by atoms with Gasteiger partial charge in [-0.2, -0.15) is 10.1 Å². The van der Waals surface area contributed by atoms with Gasteiger partial charge in [0.05, 0.1) is 16.9 Å². The van der Waals surface area contributed by atoms with E-state index in [9.17, 15) is 4.79 Å². The first kappa shape index (κ1) is 23.5. The standard InChI is InChI=1S/C29H32N6O2/c1-18-6-5-7-25(20(18)3)33-12-14-34(15-13-33)29(36)24-17-35(31-21(24)4)26-16-23(9-8-19(26)2)27-30-28(37-32-27)22-10-11-22/h5-9,16-17,22H,10-15H2,1-4H3. The summed E-state index contributed by atoms with van der Waals surface area (Å²) in [4.78, 5) is 22.4. The number of aryl methyl sites for hydroxylation is 3. The van der Waals surface area contributed by atoms with E-state index in [-0.39, 0.29) is 5.91 Å². The Morgan fingerprint density at radius 3 is 2.49 bits per heavy atom. The topological polar surface area (TPSA) is 80.3 Å². The summed E-state index contributed by atoms with van der Waals surface area (Å²) in [5, 5.41) is 8.90. The van der Waals surface area contributed by atoms with Crippen LogP contribution in [0.1, 0.15) is 57.4 Å². The molecule has 1 saturated heterocycles. The van der Waals surface area contributed by atoms with Crippen molar-refractivity contribution in [3.05, 3.63) is 76.4 Å². The molecule has 2 aliphatic rings. The van der Waals surface area contributed by atoms with Crippen molar-refractivity contribution < 1.29 is 9.32 Å². The predicted molar refractivity (Wildman–Crippen MR) is 142 cm³/mol. The molecule has 37 heavy (non-hydrogen) atoms. The molecule has 1 amide bonds. The largest absolute Gasteiger partial charge is 0.368 e. The summed E-state index contributed by atoms with van der Waals surface area (Å²) < 4.78 is 7.25. The zero-order valence-corrected chi connectivity index (χ0v) is 21.9. The Labute approximate surface area is 216 Å². The van der Waals surface area contributed by atoms with Crippen molar-refractivity contribution in [3.63, 3.8) is 0 Å². The minimum absolute atomic E-state index is 0.0328. The van der Waals surface area contributed by atoms with E-state index in [0.717, 1.165) is 54.3 Å². The number of piperazine rings is 1. The summed E-state index contributed by atoms with van der Waals surface area (Å²) in [5.41, 5.74) is 8.05. The van der Waals surface area contributed by atoms with Crippen LogP contribution in [0.2, 0.25) is 0 Å². The van der Waals surface area contributed by atoms with Crippen molar-refractivity contribution in [2.24, 2.45) is 0 Å². The lowest BCUT2D eigenvalue weighted by Crippen LogP contribution is -2.49. The van der Waals surface area contributed by atoms with Crippen LogP contribution in [0.25, 0.3) is 17.1 Å². The van der Waals surface area contributed by atoms with Gasteiger partial charge in [-0.25, -0.2) is 4.68 Å². The van der Waals surface area contributed by atoms with Gasteiger partial charge >= 0.3 is 0 Å². The van der Waals surface area contributed by atoms with E-state index < -0.39 is 0 Å². The van der Waals surface area contributed by atoms with Crippen molar-refractivity contribution >= 4 is 11.6 Å². The third kappa shape index (κ3) is 4.41. The quantitative estimate of drug-likeness (QED) is 0.387. The lowest BCUT2D eigenvalue weighted by molar-refractivity contribution is 0.0746.